The molecule has 1 unspecified atom stereocenters. The first kappa shape index (κ1) is 14.1. The van der Waals surface area contributed by atoms with Crippen molar-refractivity contribution in [2.75, 3.05) is 13.1 Å². The van der Waals surface area contributed by atoms with Crippen molar-refractivity contribution in [3.63, 3.8) is 0 Å². The van der Waals surface area contributed by atoms with Crippen molar-refractivity contribution in [1.29, 1.82) is 0 Å². The van der Waals surface area contributed by atoms with Gasteiger partial charge in [-0.3, -0.25) is 4.79 Å². The van der Waals surface area contributed by atoms with Crippen LogP contribution in [0.4, 0.5) is 0 Å². The lowest BCUT2D eigenvalue weighted by Crippen LogP contribution is -2.35. The monoisotopic (exact) mass is 260 g/mol. The summed E-state index contributed by atoms with van der Waals surface area (Å²) in [6, 6.07) is 6.95. The van der Waals surface area contributed by atoms with Crippen molar-refractivity contribution in [3.8, 4) is 0 Å². The van der Waals surface area contributed by atoms with Gasteiger partial charge in [-0.1, -0.05) is 25.1 Å². The fourth-order valence-corrected chi connectivity index (χ4v) is 2.55. The molecule has 3 nitrogen and oxygen atoms in total. The van der Waals surface area contributed by atoms with Crippen LogP contribution >= 0.6 is 0 Å². The molecular weight excluding hydrogens is 236 g/mol. The first-order valence-electron chi connectivity index (χ1n) is 7.32. The average Bonchev–Trinajstić information content (AvgIpc) is 2.89. The predicted molar refractivity (Wildman–Crippen MR) is 78.2 cm³/mol. The fourth-order valence-electron chi connectivity index (χ4n) is 2.55. The minimum atomic E-state index is 0.0786. The third-order valence-corrected chi connectivity index (χ3v) is 3.76. The molecule has 0 aromatic heterocycles. The Morgan fingerprint density at radius 3 is 2.89 bits per heavy atom. The van der Waals surface area contributed by atoms with E-state index in [1.165, 1.54) is 36.0 Å². The molecule has 1 amide bonds. The van der Waals surface area contributed by atoms with Gasteiger partial charge in [0.1, 0.15) is 0 Å². The Labute approximate surface area is 115 Å². The summed E-state index contributed by atoms with van der Waals surface area (Å²) in [6.07, 6.45) is 4.68. The van der Waals surface area contributed by atoms with E-state index in [2.05, 4.69) is 42.7 Å². The van der Waals surface area contributed by atoms with Gasteiger partial charge < -0.3 is 10.6 Å². The van der Waals surface area contributed by atoms with Gasteiger partial charge in [0.05, 0.1) is 6.54 Å². The number of nitrogens with one attached hydrogen (secondary N) is 2. The molecule has 1 aromatic rings. The molecule has 0 aliphatic heterocycles. The van der Waals surface area contributed by atoms with Crippen molar-refractivity contribution < 1.29 is 4.79 Å². The Morgan fingerprint density at radius 2 is 2.11 bits per heavy atom. The molecule has 1 atom stereocenters. The summed E-state index contributed by atoms with van der Waals surface area (Å²) < 4.78 is 0. The van der Waals surface area contributed by atoms with Crippen molar-refractivity contribution in [2.45, 2.75) is 45.6 Å². The lowest BCUT2D eigenvalue weighted by molar-refractivity contribution is -0.120. The molecule has 0 saturated heterocycles. The highest BCUT2D eigenvalue weighted by molar-refractivity contribution is 5.77. The van der Waals surface area contributed by atoms with Gasteiger partial charge in [-0.05, 0) is 49.3 Å². The lowest BCUT2D eigenvalue weighted by atomic mass is 10.0. The van der Waals surface area contributed by atoms with E-state index < -0.39 is 0 Å². The SMILES string of the molecule is CCCNC(=O)CNC(C)c1ccc2c(c1)CCC2. The number of rotatable bonds is 6. The molecule has 2 rings (SSSR count). The second-order valence-corrected chi connectivity index (χ2v) is 5.33. The second kappa shape index (κ2) is 6.71. The Hall–Kier alpha value is -1.35. The summed E-state index contributed by atoms with van der Waals surface area (Å²) in [4.78, 5) is 11.6. The van der Waals surface area contributed by atoms with Gasteiger partial charge in [0.15, 0.2) is 0 Å². The highest BCUT2D eigenvalue weighted by atomic mass is 16.1. The average molecular weight is 260 g/mol. The van der Waals surface area contributed by atoms with Crippen LogP contribution in [-0.4, -0.2) is 19.0 Å². The molecular formula is C16H24N2O. The Morgan fingerprint density at radius 1 is 1.32 bits per heavy atom. The van der Waals surface area contributed by atoms with E-state index in [0.717, 1.165) is 13.0 Å². The standard InChI is InChI=1S/C16H24N2O/c1-3-9-17-16(19)11-18-12(2)14-8-7-13-5-4-6-15(13)10-14/h7-8,10,12,18H,3-6,9,11H2,1-2H3,(H,17,19). The van der Waals surface area contributed by atoms with Crippen LogP contribution in [0.15, 0.2) is 18.2 Å². The van der Waals surface area contributed by atoms with Crippen LogP contribution in [0.1, 0.15) is 49.4 Å². The zero-order valence-corrected chi connectivity index (χ0v) is 12.0. The minimum absolute atomic E-state index is 0.0786. The maximum Gasteiger partial charge on any atom is 0.233 e. The molecule has 104 valence electrons. The zero-order valence-electron chi connectivity index (χ0n) is 12.0. The van der Waals surface area contributed by atoms with Crippen molar-refractivity contribution >= 4 is 5.91 Å². The maximum absolute atomic E-state index is 11.6. The molecule has 1 aliphatic rings. The van der Waals surface area contributed by atoms with Crippen LogP contribution in [0, 0.1) is 0 Å². The topological polar surface area (TPSA) is 41.1 Å². The number of carbonyl (C=O) groups is 1. The van der Waals surface area contributed by atoms with Crippen LogP contribution < -0.4 is 10.6 Å². The number of fused-ring (bicyclic) bond motifs is 1. The quantitative estimate of drug-likeness (QED) is 0.824. The first-order chi connectivity index (χ1) is 9.20. The molecule has 0 spiro atoms. The van der Waals surface area contributed by atoms with Gasteiger partial charge in [-0.15, -0.1) is 0 Å². The van der Waals surface area contributed by atoms with E-state index >= 15 is 0 Å². The van der Waals surface area contributed by atoms with Crippen LogP contribution in [0.2, 0.25) is 0 Å². The highest BCUT2D eigenvalue weighted by Crippen LogP contribution is 2.25. The minimum Gasteiger partial charge on any atom is -0.355 e. The second-order valence-electron chi connectivity index (χ2n) is 5.33. The van der Waals surface area contributed by atoms with E-state index in [-0.39, 0.29) is 11.9 Å². The van der Waals surface area contributed by atoms with E-state index in [4.69, 9.17) is 0 Å². The Balaban J connectivity index is 1.86. The fraction of sp³-hybridized carbons (Fsp3) is 0.562. The molecule has 0 heterocycles. The van der Waals surface area contributed by atoms with E-state index in [9.17, 15) is 4.79 Å². The summed E-state index contributed by atoms with van der Waals surface area (Å²) in [7, 11) is 0. The number of amides is 1. The lowest BCUT2D eigenvalue weighted by Gasteiger charge is -2.15. The van der Waals surface area contributed by atoms with E-state index in [1.807, 2.05) is 0 Å². The number of hydrogen-bond acceptors (Lipinski definition) is 2. The molecule has 1 aliphatic carbocycles. The molecule has 0 bridgehead atoms. The molecule has 3 heteroatoms. The van der Waals surface area contributed by atoms with Gasteiger partial charge in [-0.2, -0.15) is 0 Å². The molecule has 0 radical (unpaired) electrons. The van der Waals surface area contributed by atoms with Crippen molar-refractivity contribution in [3.05, 3.63) is 34.9 Å². The smallest absolute Gasteiger partial charge is 0.233 e. The van der Waals surface area contributed by atoms with Gasteiger partial charge in [0.25, 0.3) is 0 Å². The van der Waals surface area contributed by atoms with Crippen LogP contribution in [0.25, 0.3) is 0 Å². The van der Waals surface area contributed by atoms with Crippen molar-refractivity contribution in [2.24, 2.45) is 0 Å². The summed E-state index contributed by atoms with van der Waals surface area (Å²) in [5, 5.41) is 6.17. The first-order valence-corrected chi connectivity index (χ1v) is 7.32. The highest BCUT2D eigenvalue weighted by Gasteiger charge is 2.13. The molecule has 0 saturated carbocycles. The van der Waals surface area contributed by atoms with Crippen molar-refractivity contribution in [1.82, 2.24) is 10.6 Å². The summed E-state index contributed by atoms with van der Waals surface area (Å²) in [6.45, 7) is 5.32. The largest absolute Gasteiger partial charge is 0.355 e. The predicted octanol–water partition coefficient (Wildman–Crippen LogP) is 2.35. The summed E-state index contributed by atoms with van der Waals surface area (Å²) >= 11 is 0. The number of benzene rings is 1. The normalized spacial score (nSPS) is 15.1. The molecule has 19 heavy (non-hydrogen) atoms. The zero-order chi connectivity index (χ0) is 13.7. The Bertz CT molecular complexity index is 442. The summed E-state index contributed by atoms with van der Waals surface area (Å²) in [5.74, 6) is 0.0786. The number of aryl methyl sites for hydroxylation is 2. The van der Waals surface area contributed by atoms with Gasteiger partial charge >= 0.3 is 0 Å². The van der Waals surface area contributed by atoms with E-state index in [1.54, 1.807) is 0 Å². The molecule has 2 N–H and O–H groups in total. The molecule has 1 aromatic carbocycles. The third-order valence-electron chi connectivity index (χ3n) is 3.76. The van der Waals surface area contributed by atoms with Gasteiger partial charge in [0, 0.05) is 12.6 Å². The van der Waals surface area contributed by atoms with Crippen LogP contribution in [-0.2, 0) is 17.6 Å². The van der Waals surface area contributed by atoms with Crippen LogP contribution in [0.3, 0.4) is 0 Å². The maximum atomic E-state index is 11.6. The van der Waals surface area contributed by atoms with Gasteiger partial charge in [0.2, 0.25) is 5.91 Å². The number of carbonyl (C=O) groups excluding carboxylic acids is 1. The Kier molecular flexibility index (Phi) is 4.97. The summed E-state index contributed by atoms with van der Waals surface area (Å²) in [5.41, 5.74) is 4.27. The molecule has 0 fully saturated rings. The van der Waals surface area contributed by atoms with Gasteiger partial charge in [-0.25, -0.2) is 0 Å². The third kappa shape index (κ3) is 3.80. The number of hydrogen-bond donors (Lipinski definition) is 2. The van der Waals surface area contributed by atoms with E-state index in [0.29, 0.717) is 6.54 Å². The van der Waals surface area contributed by atoms with Crippen LogP contribution in [0.5, 0.6) is 0 Å².